The van der Waals surface area contributed by atoms with Crippen LogP contribution in [0.15, 0.2) is 48.8 Å². The predicted molar refractivity (Wildman–Crippen MR) is 129 cm³/mol. The van der Waals surface area contributed by atoms with E-state index in [1.54, 1.807) is 12.4 Å². The highest BCUT2D eigenvalue weighted by atomic mass is 16.2. The Morgan fingerprint density at radius 2 is 1.67 bits per heavy atom. The second-order valence-corrected chi connectivity index (χ2v) is 10.0. The fourth-order valence-corrected chi connectivity index (χ4v) is 6.63. The SMILES string of the molecule is O=C(NCCc1ccncc1)[C@H]1c2ccccc2C(=O)N(C2CCCCC2)C12CCCCC2. The zero-order chi connectivity index (χ0) is 22.7. The average Bonchev–Trinajstić information content (AvgIpc) is 2.86. The standard InChI is InChI=1S/C28H35N3O2/c32-26(30-20-15-21-13-18-29-19-14-21)25-23-11-5-6-12-24(23)27(33)31(22-9-3-1-4-10-22)28(25)16-7-2-8-17-28/h5-6,11-14,18-19,22,25H,1-4,7-10,15-17,20H2,(H,30,32)/t25-/m1/s1. The number of hydrogen-bond donors (Lipinski definition) is 1. The number of nitrogens with one attached hydrogen (secondary N) is 1. The molecule has 0 unspecified atom stereocenters. The maximum atomic E-state index is 13.9. The van der Waals surface area contributed by atoms with Gasteiger partial charge in [-0.3, -0.25) is 14.6 Å². The minimum atomic E-state index is -0.396. The first-order chi connectivity index (χ1) is 16.2. The molecule has 1 aliphatic heterocycles. The third-order valence-corrected chi connectivity index (χ3v) is 8.12. The fourth-order valence-electron chi connectivity index (χ4n) is 6.63. The van der Waals surface area contributed by atoms with Gasteiger partial charge in [0, 0.05) is 30.5 Å². The van der Waals surface area contributed by atoms with Gasteiger partial charge in [-0.2, -0.15) is 0 Å². The summed E-state index contributed by atoms with van der Waals surface area (Å²) in [6, 6.07) is 12.1. The highest BCUT2D eigenvalue weighted by molar-refractivity contribution is 6.02. The Labute approximate surface area is 197 Å². The van der Waals surface area contributed by atoms with Crippen molar-refractivity contribution in [3.63, 3.8) is 0 Å². The molecule has 0 saturated heterocycles. The molecule has 174 valence electrons. The second kappa shape index (κ2) is 9.66. The summed E-state index contributed by atoms with van der Waals surface area (Å²) in [5.41, 5.74) is 2.43. The predicted octanol–water partition coefficient (Wildman–Crippen LogP) is 5.02. The maximum absolute atomic E-state index is 13.9. The van der Waals surface area contributed by atoms with Gasteiger partial charge in [0.25, 0.3) is 5.91 Å². The molecule has 1 spiro atoms. The van der Waals surface area contributed by atoms with Gasteiger partial charge in [-0.15, -0.1) is 0 Å². The molecule has 2 aromatic rings. The number of benzene rings is 1. The molecule has 5 heteroatoms. The van der Waals surface area contributed by atoms with Crippen molar-refractivity contribution in [1.82, 2.24) is 15.2 Å². The zero-order valence-electron chi connectivity index (χ0n) is 19.5. The van der Waals surface area contributed by atoms with Gasteiger partial charge >= 0.3 is 0 Å². The second-order valence-electron chi connectivity index (χ2n) is 10.0. The van der Waals surface area contributed by atoms with Gasteiger partial charge in [0.1, 0.15) is 0 Å². The Morgan fingerprint density at radius 1 is 0.970 bits per heavy atom. The minimum absolute atomic E-state index is 0.0757. The summed E-state index contributed by atoms with van der Waals surface area (Å²) < 4.78 is 0. The van der Waals surface area contributed by atoms with Gasteiger partial charge in [0.2, 0.25) is 5.91 Å². The molecule has 0 bridgehead atoms. The van der Waals surface area contributed by atoms with Crippen LogP contribution in [0.4, 0.5) is 0 Å². The number of carbonyl (C=O) groups is 2. The molecule has 2 saturated carbocycles. The number of pyridine rings is 1. The van der Waals surface area contributed by atoms with Crippen LogP contribution in [0.2, 0.25) is 0 Å². The summed E-state index contributed by atoms with van der Waals surface area (Å²) in [6.45, 7) is 0.592. The van der Waals surface area contributed by atoms with Crippen molar-refractivity contribution in [3.05, 3.63) is 65.5 Å². The minimum Gasteiger partial charge on any atom is -0.355 e. The molecule has 1 atom stereocenters. The Bertz CT molecular complexity index is 978. The van der Waals surface area contributed by atoms with Crippen molar-refractivity contribution in [2.75, 3.05) is 6.54 Å². The van der Waals surface area contributed by atoms with E-state index in [-0.39, 0.29) is 23.8 Å². The largest absolute Gasteiger partial charge is 0.355 e. The number of nitrogens with zero attached hydrogens (tertiary/aromatic N) is 2. The molecule has 5 nitrogen and oxygen atoms in total. The Kier molecular flexibility index (Phi) is 6.48. The Hall–Kier alpha value is -2.69. The van der Waals surface area contributed by atoms with Crippen molar-refractivity contribution in [2.45, 2.75) is 88.1 Å². The number of carbonyl (C=O) groups excluding carboxylic acids is 2. The molecule has 1 N–H and O–H groups in total. The van der Waals surface area contributed by atoms with E-state index in [1.165, 1.54) is 31.2 Å². The number of fused-ring (bicyclic) bond motifs is 1. The van der Waals surface area contributed by atoms with Crippen molar-refractivity contribution >= 4 is 11.8 Å². The number of rotatable bonds is 5. The molecule has 0 radical (unpaired) electrons. The number of amides is 2. The molecule has 5 rings (SSSR count). The van der Waals surface area contributed by atoms with Crippen LogP contribution < -0.4 is 5.32 Å². The van der Waals surface area contributed by atoms with Crippen molar-refractivity contribution in [2.24, 2.45) is 0 Å². The highest BCUT2D eigenvalue weighted by Crippen LogP contribution is 2.51. The third kappa shape index (κ3) is 4.18. The first-order valence-electron chi connectivity index (χ1n) is 12.8. The van der Waals surface area contributed by atoms with Crippen molar-refractivity contribution in [1.29, 1.82) is 0 Å². The lowest BCUT2D eigenvalue weighted by Gasteiger charge is -2.57. The lowest BCUT2D eigenvalue weighted by molar-refractivity contribution is -0.128. The van der Waals surface area contributed by atoms with Gasteiger partial charge < -0.3 is 10.2 Å². The summed E-state index contributed by atoms with van der Waals surface area (Å²) in [7, 11) is 0. The Morgan fingerprint density at radius 3 is 2.42 bits per heavy atom. The number of hydrogen-bond acceptors (Lipinski definition) is 3. The van der Waals surface area contributed by atoms with Crippen LogP contribution in [0.1, 0.15) is 91.6 Å². The van der Waals surface area contributed by atoms with Gasteiger partial charge in [-0.1, -0.05) is 56.7 Å². The third-order valence-electron chi connectivity index (χ3n) is 8.12. The molecular formula is C28H35N3O2. The van der Waals surface area contributed by atoms with Crippen molar-refractivity contribution in [3.8, 4) is 0 Å². The van der Waals surface area contributed by atoms with E-state index in [4.69, 9.17) is 0 Å². The van der Waals surface area contributed by atoms with Gasteiger partial charge in [-0.05, 0) is 61.4 Å². The van der Waals surface area contributed by atoms with E-state index >= 15 is 0 Å². The quantitative estimate of drug-likeness (QED) is 0.703. The zero-order valence-corrected chi connectivity index (χ0v) is 19.5. The highest BCUT2D eigenvalue weighted by Gasteiger charge is 2.56. The van der Waals surface area contributed by atoms with Gasteiger partial charge in [-0.25, -0.2) is 0 Å². The van der Waals surface area contributed by atoms with Crippen LogP contribution in [0.5, 0.6) is 0 Å². The normalized spacial score (nSPS) is 22.7. The smallest absolute Gasteiger partial charge is 0.254 e. The van der Waals surface area contributed by atoms with Crippen LogP contribution >= 0.6 is 0 Å². The molecule has 2 amide bonds. The van der Waals surface area contributed by atoms with Crippen LogP contribution in [-0.2, 0) is 11.2 Å². The van der Waals surface area contributed by atoms with E-state index in [0.29, 0.717) is 6.54 Å². The van der Waals surface area contributed by atoms with Crippen LogP contribution in [-0.4, -0.2) is 39.8 Å². The molecule has 1 aromatic heterocycles. The summed E-state index contributed by atoms with van der Waals surface area (Å²) in [5.74, 6) is -0.0713. The van der Waals surface area contributed by atoms with E-state index in [0.717, 1.165) is 56.1 Å². The molecule has 33 heavy (non-hydrogen) atoms. The monoisotopic (exact) mass is 445 g/mol. The van der Waals surface area contributed by atoms with E-state index in [9.17, 15) is 9.59 Å². The fraction of sp³-hybridized carbons (Fsp3) is 0.536. The summed E-state index contributed by atoms with van der Waals surface area (Å²) in [4.78, 5) is 34.1. The number of aromatic nitrogens is 1. The molecule has 2 heterocycles. The summed E-state index contributed by atoms with van der Waals surface area (Å²) in [6.07, 6.45) is 15.3. The average molecular weight is 446 g/mol. The van der Waals surface area contributed by atoms with Gasteiger partial charge in [0.05, 0.1) is 11.5 Å². The molecule has 3 aliphatic rings. The van der Waals surface area contributed by atoms with Gasteiger partial charge in [0.15, 0.2) is 0 Å². The van der Waals surface area contributed by atoms with E-state index < -0.39 is 5.54 Å². The molecule has 1 aromatic carbocycles. The molecule has 2 fully saturated rings. The lowest BCUT2D eigenvalue weighted by atomic mass is 9.64. The van der Waals surface area contributed by atoms with Crippen molar-refractivity contribution < 1.29 is 9.59 Å². The summed E-state index contributed by atoms with van der Waals surface area (Å²) >= 11 is 0. The van der Waals surface area contributed by atoms with E-state index in [2.05, 4.69) is 15.2 Å². The lowest BCUT2D eigenvalue weighted by Crippen LogP contribution is -2.65. The molecule has 2 aliphatic carbocycles. The Balaban J connectivity index is 1.49. The summed E-state index contributed by atoms with van der Waals surface area (Å²) in [5, 5.41) is 3.25. The first kappa shape index (κ1) is 22.1. The van der Waals surface area contributed by atoms with Crippen LogP contribution in [0.3, 0.4) is 0 Å². The first-order valence-corrected chi connectivity index (χ1v) is 12.8. The maximum Gasteiger partial charge on any atom is 0.254 e. The molecular weight excluding hydrogens is 410 g/mol. The van der Waals surface area contributed by atoms with Crippen LogP contribution in [0, 0.1) is 0 Å². The van der Waals surface area contributed by atoms with E-state index in [1.807, 2.05) is 36.4 Å². The topological polar surface area (TPSA) is 62.3 Å². The van der Waals surface area contributed by atoms with Crippen LogP contribution in [0.25, 0.3) is 0 Å².